The molecule has 6 nitrogen and oxygen atoms in total. The number of hydrogen-bond donors (Lipinski definition) is 0. The molecule has 0 aliphatic rings. The van der Waals surface area contributed by atoms with Gasteiger partial charge < -0.3 is 4.74 Å². The molecule has 1 aromatic carbocycles. The predicted octanol–water partition coefficient (Wildman–Crippen LogP) is 4.81. The molecular weight excluding hydrogens is 382 g/mol. The first-order valence-corrected chi connectivity index (χ1v) is 7.63. The summed E-state index contributed by atoms with van der Waals surface area (Å²) in [5.41, 5.74) is -0.164. The Morgan fingerprint density at radius 2 is 2.14 bits per heavy atom. The van der Waals surface area contributed by atoms with Gasteiger partial charge in [0, 0.05) is 6.07 Å². The molecule has 0 unspecified atom stereocenters. The molecule has 0 aliphatic heterocycles. The maximum atomic E-state index is 11.1. The smallest absolute Gasteiger partial charge is 0.312 e. The van der Waals surface area contributed by atoms with Gasteiger partial charge in [-0.3, -0.25) is 10.1 Å². The molecule has 9 heteroatoms. The minimum atomic E-state index is -0.520. The van der Waals surface area contributed by atoms with Crippen LogP contribution in [0.5, 0.6) is 11.6 Å². The zero-order valence-corrected chi connectivity index (χ0v) is 13.3. The van der Waals surface area contributed by atoms with Gasteiger partial charge in [-0.05, 0) is 45.0 Å². The number of nitro groups is 1. The first-order chi connectivity index (χ1) is 10.1. The summed E-state index contributed by atoms with van der Waals surface area (Å²) in [6.45, 7) is 0. The van der Waals surface area contributed by atoms with E-state index in [2.05, 4.69) is 25.9 Å². The van der Waals surface area contributed by atoms with Crippen LogP contribution >= 0.6 is 38.9 Å². The van der Waals surface area contributed by atoms with Gasteiger partial charge in [-0.2, -0.15) is 4.98 Å². The summed E-state index contributed by atoms with van der Waals surface area (Å²) in [5.74, 6) is 0.256. The molecule has 2 aromatic heterocycles. The Labute approximate surface area is 135 Å². The normalized spacial score (nSPS) is 10.8. The fourth-order valence-corrected chi connectivity index (χ4v) is 3.12. The molecule has 0 bridgehead atoms. The Hall–Kier alpha value is -1.77. The van der Waals surface area contributed by atoms with Crippen LogP contribution in [-0.4, -0.2) is 14.9 Å². The van der Waals surface area contributed by atoms with Crippen molar-refractivity contribution in [3.8, 4) is 11.6 Å². The lowest BCUT2D eigenvalue weighted by Gasteiger charge is -2.08. The summed E-state index contributed by atoms with van der Waals surface area (Å²) in [5, 5.41) is 13.6. The monoisotopic (exact) mass is 385 g/mol. The van der Waals surface area contributed by atoms with Gasteiger partial charge in [0.2, 0.25) is 16.9 Å². The molecule has 2 heterocycles. The highest BCUT2D eigenvalue weighted by Gasteiger charge is 2.21. The molecule has 0 N–H and O–H groups in total. The molecule has 21 heavy (non-hydrogen) atoms. The molecule has 0 fully saturated rings. The Morgan fingerprint density at radius 1 is 1.33 bits per heavy atom. The van der Waals surface area contributed by atoms with Gasteiger partial charge in [0.05, 0.1) is 14.8 Å². The van der Waals surface area contributed by atoms with Crippen molar-refractivity contribution in [3.63, 3.8) is 0 Å². The number of thiophene rings is 1. The third kappa shape index (κ3) is 2.69. The van der Waals surface area contributed by atoms with Crippen LogP contribution in [-0.2, 0) is 0 Å². The fourth-order valence-electron chi connectivity index (χ4n) is 1.72. The fraction of sp³-hybridized carbons (Fsp3) is 0. The molecule has 0 aliphatic carbocycles. The maximum absolute atomic E-state index is 11.1. The highest BCUT2D eigenvalue weighted by Crippen LogP contribution is 2.40. The van der Waals surface area contributed by atoms with Gasteiger partial charge in [-0.1, -0.05) is 6.07 Å². The van der Waals surface area contributed by atoms with E-state index in [1.54, 1.807) is 18.2 Å². The van der Waals surface area contributed by atoms with E-state index < -0.39 is 4.92 Å². The molecule has 0 spiro atoms. The van der Waals surface area contributed by atoms with Crippen molar-refractivity contribution in [1.82, 2.24) is 9.97 Å². The second-order valence-corrected chi connectivity index (χ2v) is 5.97. The predicted molar refractivity (Wildman–Crippen MR) is 83.3 cm³/mol. The zero-order valence-electron chi connectivity index (χ0n) is 10.1. The third-order valence-electron chi connectivity index (χ3n) is 2.60. The summed E-state index contributed by atoms with van der Waals surface area (Å²) in [7, 11) is 0. The van der Waals surface area contributed by atoms with Crippen molar-refractivity contribution in [3.05, 3.63) is 49.5 Å². The van der Waals surface area contributed by atoms with Crippen LogP contribution in [0.3, 0.4) is 0 Å². The van der Waals surface area contributed by atoms with Crippen molar-refractivity contribution in [2.75, 3.05) is 0 Å². The number of rotatable bonds is 3. The van der Waals surface area contributed by atoms with Gasteiger partial charge in [0.1, 0.15) is 4.83 Å². The average molecular weight is 387 g/mol. The number of fused-ring (bicyclic) bond motifs is 1. The lowest BCUT2D eigenvalue weighted by atomic mass is 10.3. The average Bonchev–Trinajstić information content (AvgIpc) is 2.88. The van der Waals surface area contributed by atoms with Crippen LogP contribution in [0, 0.1) is 10.1 Å². The summed E-state index contributed by atoms with van der Waals surface area (Å²) in [6.07, 6.45) is 0. The van der Waals surface area contributed by atoms with E-state index in [9.17, 15) is 10.1 Å². The molecule has 3 aromatic rings. The molecule has 0 saturated carbocycles. The number of aromatic nitrogens is 2. The molecule has 3 rings (SSSR count). The minimum absolute atomic E-state index is 0.0228. The van der Waals surface area contributed by atoms with Crippen LogP contribution in [0.2, 0.25) is 5.28 Å². The van der Waals surface area contributed by atoms with Crippen molar-refractivity contribution in [2.24, 2.45) is 0 Å². The molecule has 0 atom stereocenters. The van der Waals surface area contributed by atoms with Gasteiger partial charge in [0.25, 0.3) is 0 Å². The van der Waals surface area contributed by atoms with E-state index in [0.717, 1.165) is 0 Å². The Bertz CT molecular complexity index is 855. The standard InChI is InChI=1S/C12H5BrClN3O3S/c13-7-2-1-3-8(17(18)19)9(7)20-10-6-4-5-21-11(6)16-12(14)15-10/h1-5H. The van der Waals surface area contributed by atoms with E-state index in [-0.39, 0.29) is 22.6 Å². The summed E-state index contributed by atoms with van der Waals surface area (Å²) >= 11 is 10.5. The van der Waals surface area contributed by atoms with Crippen molar-refractivity contribution in [1.29, 1.82) is 0 Å². The summed E-state index contributed by atoms with van der Waals surface area (Å²) in [6, 6.07) is 6.33. The number of benzene rings is 1. The molecule has 0 amide bonds. The van der Waals surface area contributed by atoms with E-state index in [1.165, 1.54) is 17.4 Å². The van der Waals surface area contributed by atoms with Crippen LogP contribution in [0.1, 0.15) is 0 Å². The molecule has 106 valence electrons. The Kier molecular flexibility index (Phi) is 3.75. The third-order valence-corrected chi connectivity index (χ3v) is 4.20. The van der Waals surface area contributed by atoms with Gasteiger partial charge >= 0.3 is 5.69 Å². The molecule has 0 radical (unpaired) electrons. The van der Waals surface area contributed by atoms with E-state index >= 15 is 0 Å². The SMILES string of the molecule is O=[N+]([O-])c1cccc(Br)c1Oc1nc(Cl)nc2sccc12. The number of nitrogens with zero attached hydrogens (tertiary/aromatic N) is 3. The maximum Gasteiger partial charge on any atom is 0.312 e. The highest BCUT2D eigenvalue weighted by atomic mass is 79.9. The van der Waals surface area contributed by atoms with Crippen molar-refractivity contribution < 1.29 is 9.66 Å². The largest absolute Gasteiger partial charge is 0.430 e. The highest BCUT2D eigenvalue weighted by molar-refractivity contribution is 9.10. The number of halogens is 2. The lowest BCUT2D eigenvalue weighted by Crippen LogP contribution is -1.96. The Balaban J connectivity index is 2.15. The van der Waals surface area contributed by atoms with Crippen molar-refractivity contribution >= 4 is 54.8 Å². The van der Waals surface area contributed by atoms with Gasteiger partial charge in [-0.15, -0.1) is 11.3 Å². The summed E-state index contributed by atoms with van der Waals surface area (Å²) in [4.78, 5) is 19.3. The van der Waals surface area contributed by atoms with Crippen LogP contribution in [0.15, 0.2) is 34.1 Å². The second-order valence-electron chi connectivity index (χ2n) is 3.88. The minimum Gasteiger partial charge on any atom is -0.430 e. The van der Waals surface area contributed by atoms with E-state index in [1.807, 2.05) is 5.38 Å². The number of hydrogen-bond acceptors (Lipinski definition) is 6. The van der Waals surface area contributed by atoms with Crippen LogP contribution in [0.25, 0.3) is 10.2 Å². The van der Waals surface area contributed by atoms with Crippen molar-refractivity contribution in [2.45, 2.75) is 0 Å². The first-order valence-electron chi connectivity index (χ1n) is 5.58. The van der Waals surface area contributed by atoms with E-state index in [4.69, 9.17) is 16.3 Å². The number of nitro benzene ring substituents is 1. The Morgan fingerprint density at radius 3 is 2.90 bits per heavy atom. The van der Waals surface area contributed by atoms with Gasteiger partial charge in [-0.25, -0.2) is 4.98 Å². The molecular formula is C12H5BrClN3O3S. The van der Waals surface area contributed by atoms with Gasteiger partial charge in [0.15, 0.2) is 0 Å². The lowest BCUT2D eigenvalue weighted by molar-refractivity contribution is -0.385. The number of para-hydroxylation sites is 1. The van der Waals surface area contributed by atoms with E-state index in [0.29, 0.717) is 14.7 Å². The second kappa shape index (κ2) is 5.55. The summed E-state index contributed by atoms with van der Waals surface area (Å²) < 4.78 is 6.09. The number of ether oxygens (including phenoxy) is 1. The van der Waals surface area contributed by atoms with Crippen LogP contribution in [0.4, 0.5) is 5.69 Å². The first kappa shape index (κ1) is 14.2. The quantitative estimate of drug-likeness (QED) is 0.367. The topological polar surface area (TPSA) is 78.2 Å². The molecule has 0 saturated heterocycles. The zero-order chi connectivity index (χ0) is 15.0. The van der Waals surface area contributed by atoms with Crippen LogP contribution < -0.4 is 4.74 Å².